The van der Waals surface area contributed by atoms with E-state index in [1.54, 1.807) is 11.3 Å². The molecule has 1 amide bonds. The molecular formula is C20H27Cl2N3O2S. The van der Waals surface area contributed by atoms with Crippen LogP contribution in [-0.2, 0) is 17.8 Å². The number of aryl methyl sites for hydroxylation is 1. The van der Waals surface area contributed by atoms with Gasteiger partial charge < -0.3 is 15.0 Å². The summed E-state index contributed by atoms with van der Waals surface area (Å²) in [5, 5.41) is 6.34. The molecular weight excluding hydrogens is 417 g/mol. The Morgan fingerprint density at radius 3 is 2.75 bits per heavy atom. The topological polar surface area (TPSA) is 54.5 Å². The molecule has 8 heteroatoms. The molecule has 1 aromatic heterocycles. The van der Waals surface area contributed by atoms with Crippen molar-refractivity contribution in [1.29, 1.82) is 0 Å². The Bertz CT molecular complexity index is 755. The molecule has 1 N–H and O–H groups in total. The summed E-state index contributed by atoms with van der Waals surface area (Å²) in [5.74, 6) is 1.06. The van der Waals surface area contributed by atoms with Gasteiger partial charge >= 0.3 is 0 Å². The van der Waals surface area contributed by atoms with Crippen molar-refractivity contribution in [3.05, 3.63) is 45.9 Å². The molecule has 2 unspecified atom stereocenters. The Labute approximate surface area is 182 Å². The van der Waals surface area contributed by atoms with Crippen molar-refractivity contribution in [3.63, 3.8) is 0 Å². The van der Waals surface area contributed by atoms with Crippen LogP contribution in [0.15, 0.2) is 29.6 Å². The minimum absolute atomic E-state index is 0. The molecule has 3 heterocycles. The number of aromatic nitrogens is 1. The van der Waals surface area contributed by atoms with Crippen LogP contribution in [0.1, 0.15) is 35.5 Å². The first-order chi connectivity index (χ1) is 12.7. The molecule has 28 heavy (non-hydrogen) atoms. The van der Waals surface area contributed by atoms with Crippen molar-refractivity contribution in [2.45, 2.75) is 51.3 Å². The Balaban J connectivity index is 0.00000140. The van der Waals surface area contributed by atoms with E-state index in [1.807, 2.05) is 29.6 Å². The SMILES string of the molecule is Cc1ccc(OCc2nc(CC(=O)N3C4CCNCC3CC4)cs2)cc1.Cl.Cl. The van der Waals surface area contributed by atoms with E-state index < -0.39 is 0 Å². The maximum atomic E-state index is 12.8. The second-order valence-corrected chi connectivity index (χ2v) is 8.13. The number of thiazole rings is 1. The molecule has 2 saturated heterocycles. The number of halogens is 2. The third-order valence-corrected chi connectivity index (χ3v) is 6.13. The number of hydrogen-bond donors (Lipinski definition) is 1. The first-order valence-electron chi connectivity index (χ1n) is 9.33. The lowest BCUT2D eigenvalue weighted by Crippen LogP contribution is -2.43. The molecule has 1 aromatic carbocycles. The molecule has 4 rings (SSSR count). The Hall–Kier alpha value is -1.34. The number of nitrogens with one attached hydrogen (secondary N) is 1. The van der Waals surface area contributed by atoms with Gasteiger partial charge in [0.25, 0.3) is 0 Å². The zero-order valence-corrected chi connectivity index (χ0v) is 18.4. The molecule has 2 aromatic rings. The second-order valence-electron chi connectivity index (χ2n) is 7.19. The van der Waals surface area contributed by atoms with E-state index in [0.717, 1.165) is 48.8 Å². The summed E-state index contributed by atoms with van der Waals surface area (Å²) in [6.07, 6.45) is 3.73. The number of carbonyl (C=O) groups excluding carboxylic acids is 1. The number of amides is 1. The molecule has 2 aliphatic rings. The Morgan fingerprint density at radius 2 is 1.96 bits per heavy atom. The van der Waals surface area contributed by atoms with Gasteiger partial charge in [-0.15, -0.1) is 36.2 Å². The van der Waals surface area contributed by atoms with E-state index in [2.05, 4.69) is 22.1 Å². The van der Waals surface area contributed by atoms with Crippen LogP contribution in [0.4, 0.5) is 0 Å². The molecule has 2 aliphatic heterocycles. The predicted molar refractivity (Wildman–Crippen MR) is 117 cm³/mol. The molecule has 0 radical (unpaired) electrons. The Morgan fingerprint density at radius 1 is 1.21 bits per heavy atom. The molecule has 0 saturated carbocycles. The van der Waals surface area contributed by atoms with Crippen molar-refractivity contribution in [2.24, 2.45) is 0 Å². The van der Waals surface area contributed by atoms with E-state index in [1.165, 1.54) is 5.56 Å². The van der Waals surface area contributed by atoms with Crippen LogP contribution in [0.25, 0.3) is 0 Å². The summed E-state index contributed by atoms with van der Waals surface area (Å²) >= 11 is 1.56. The van der Waals surface area contributed by atoms with Crippen LogP contribution in [0.3, 0.4) is 0 Å². The minimum Gasteiger partial charge on any atom is -0.486 e. The third-order valence-electron chi connectivity index (χ3n) is 5.26. The average Bonchev–Trinajstić information content (AvgIpc) is 3.17. The summed E-state index contributed by atoms with van der Waals surface area (Å²) in [5.41, 5.74) is 2.07. The van der Waals surface area contributed by atoms with Crippen LogP contribution in [0, 0.1) is 6.92 Å². The fraction of sp³-hybridized carbons (Fsp3) is 0.500. The molecule has 0 spiro atoms. The third kappa shape index (κ3) is 5.38. The number of rotatable bonds is 5. The number of fused-ring (bicyclic) bond motifs is 2. The van der Waals surface area contributed by atoms with Gasteiger partial charge in [0.1, 0.15) is 17.4 Å². The van der Waals surface area contributed by atoms with E-state index in [0.29, 0.717) is 25.1 Å². The standard InChI is InChI=1S/C20H25N3O2S.2ClH/c1-14-2-6-18(7-3-14)25-12-19-22-15(13-26-19)10-20(24)23-16-4-5-17(23)11-21-9-8-16;;/h2-3,6-7,13,16-17,21H,4-5,8-12H2,1H3;2*1H. The van der Waals surface area contributed by atoms with Crippen LogP contribution in [0.5, 0.6) is 5.75 Å². The van der Waals surface area contributed by atoms with Gasteiger partial charge in [-0.3, -0.25) is 4.79 Å². The van der Waals surface area contributed by atoms with Crippen LogP contribution in [-0.4, -0.2) is 41.0 Å². The number of benzene rings is 1. The van der Waals surface area contributed by atoms with Crippen molar-refractivity contribution < 1.29 is 9.53 Å². The molecule has 2 atom stereocenters. The lowest BCUT2D eigenvalue weighted by molar-refractivity contribution is -0.133. The smallest absolute Gasteiger partial charge is 0.229 e. The summed E-state index contributed by atoms with van der Waals surface area (Å²) < 4.78 is 5.79. The largest absolute Gasteiger partial charge is 0.486 e. The maximum Gasteiger partial charge on any atom is 0.229 e. The summed E-state index contributed by atoms with van der Waals surface area (Å²) in [6, 6.07) is 8.77. The van der Waals surface area contributed by atoms with Crippen LogP contribution >= 0.6 is 36.2 Å². The van der Waals surface area contributed by atoms with Gasteiger partial charge in [0.2, 0.25) is 5.91 Å². The maximum absolute atomic E-state index is 12.8. The van der Waals surface area contributed by atoms with Gasteiger partial charge in [-0.2, -0.15) is 0 Å². The lowest BCUT2D eigenvalue weighted by Gasteiger charge is -2.27. The van der Waals surface area contributed by atoms with Gasteiger partial charge in [0.05, 0.1) is 12.1 Å². The quantitative estimate of drug-likeness (QED) is 0.763. The van der Waals surface area contributed by atoms with Gasteiger partial charge in [-0.25, -0.2) is 4.98 Å². The van der Waals surface area contributed by atoms with Crippen LogP contribution in [0.2, 0.25) is 0 Å². The van der Waals surface area contributed by atoms with Gasteiger partial charge in [-0.1, -0.05) is 17.7 Å². The second kappa shape index (κ2) is 10.4. The minimum atomic E-state index is 0. The highest BCUT2D eigenvalue weighted by Crippen LogP contribution is 2.28. The van der Waals surface area contributed by atoms with E-state index >= 15 is 0 Å². The van der Waals surface area contributed by atoms with Crippen molar-refractivity contribution in [2.75, 3.05) is 13.1 Å². The highest BCUT2D eigenvalue weighted by molar-refractivity contribution is 7.09. The van der Waals surface area contributed by atoms with Crippen molar-refractivity contribution in [1.82, 2.24) is 15.2 Å². The zero-order valence-electron chi connectivity index (χ0n) is 15.9. The van der Waals surface area contributed by atoms with Gasteiger partial charge in [-0.05, 0) is 44.9 Å². The van der Waals surface area contributed by atoms with Gasteiger partial charge in [0, 0.05) is 24.0 Å². The zero-order chi connectivity index (χ0) is 17.9. The normalized spacial score (nSPS) is 20.7. The van der Waals surface area contributed by atoms with Crippen LogP contribution < -0.4 is 10.1 Å². The molecule has 2 bridgehead atoms. The monoisotopic (exact) mass is 443 g/mol. The van der Waals surface area contributed by atoms with Crippen molar-refractivity contribution >= 4 is 42.1 Å². The van der Waals surface area contributed by atoms with Crippen molar-refractivity contribution in [3.8, 4) is 5.75 Å². The molecule has 154 valence electrons. The molecule has 0 aliphatic carbocycles. The first kappa shape index (κ1) is 22.9. The Kier molecular flexibility index (Phi) is 8.56. The highest BCUT2D eigenvalue weighted by Gasteiger charge is 2.37. The van der Waals surface area contributed by atoms with E-state index in [4.69, 9.17) is 4.74 Å². The molecule has 5 nitrogen and oxygen atoms in total. The first-order valence-corrected chi connectivity index (χ1v) is 10.2. The fourth-order valence-electron chi connectivity index (χ4n) is 3.91. The molecule has 2 fully saturated rings. The summed E-state index contributed by atoms with van der Waals surface area (Å²) in [7, 11) is 0. The number of hydrogen-bond acceptors (Lipinski definition) is 5. The fourth-order valence-corrected chi connectivity index (χ4v) is 4.62. The van der Waals surface area contributed by atoms with Gasteiger partial charge in [0.15, 0.2) is 0 Å². The van der Waals surface area contributed by atoms with E-state index in [-0.39, 0.29) is 30.7 Å². The highest BCUT2D eigenvalue weighted by atomic mass is 35.5. The number of nitrogens with zero attached hydrogens (tertiary/aromatic N) is 2. The number of ether oxygens (including phenoxy) is 1. The summed E-state index contributed by atoms with van der Waals surface area (Å²) in [4.78, 5) is 19.6. The summed E-state index contributed by atoms with van der Waals surface area (Å²) in [6.45, 7) is 4.44. The predicted octanol–water partition coefficient (Wildman–Crippen LogP) is 3.77. The lowest BCUT2D eigenvalue weighted by atomic mass is 10.1. The average molecular weight is 444 g/mol. The number of carbonyl (C=O) groups is 1. The van der Waals surface area contributed by atoms with E-state index in [9.17, 15) is 4.79 Å².